The lowest BCUT2D eigenvalue weighted by Crippen LogP contribution is -2.37. The number of benzene rings is 1. The van der Waals surface area contributed by atoms with Gasteiger partial charge in [-0.2, -0.15) is 0 Å². The van der Waals surface area contributed by atoms with Gasteiger partial charge in [-0.25, -0.2) is 9.97 Å². The lowest BCUT2D eigenvalue weighted by molar-refractivity contribution is 0.0384. The summed E-state index contributed by atoms with van der Waals surface area (Å²) in [6.07, 6.45) is 4.14. The number of fused-ring (bicyclic) bond motifs is 2. The van der Waals surface area contributed by atoms with Gasteiger partial charge in [0.05, 0.1) is 41.2 Å². The molecule has 0 bridgehead atoms. The molecule has 1 saturated heterocycles. The van der Waals surface area contributed by atoms with Crippen LogP contribution in [0.15, 0.2) is 48.9 Å². The van der Waals surface area contributed by atoms with Gasteiger partial charge in [0.2, 0.25) is 0 Å². The van der Waals surface area contributed by atoms with Crippen LogP contribution in [0.2, 0.25) is 5.02 Å². The number of rotatable bonds is 6. The molecule has 4 aromatic rings. The average Bonchev–Trinajstić information content (AvgIpc) is 2.83. The Morgan fingerprint density at radius 3 is 2.88 bits per heavy atom. The van der Waals surface area contributed by atoms with Crippen molar-refractivity contribution in [2.45, 2.75) is 19.4 Å². The zero-order valence-electron chi connectivity index (χ0n) is 18.0. The summed E-state index contributed by atoms with van der Waals surface area (Å²) in [5, 5.41) is 6.35. The van der Waals surface area contributed by atoms with Crippen molar-refractivity contribution in [3.05, 3.63) is 65.3 Å². The van der Waals surface area contributed by atoms with Gasteiger partial charge in [-0.15, -0.1) is 0 Å². The molecule has 1 aliphatic heterocycles. The molecule has 1 aliphatic rings. The van der Waals surface area contributed by atoms with Crippen molar-refractivity contribution in [3.8, 4) is 0 Å². The fourth-order valence-electron chi connectivity index (χ4n) is 4.14. The number of morpholine rings is 1. The standard InChI is InChI=1S/C24H25ClN6O/c1-16(29-24-23-20(27-15-28-24)6-3-8-26-23)21-14-17-4-2-5-18(25)22(17)19(30-21)7-9-31-10-12-32-13-11-31/h2-6,8,14-16H,7,9-13H2,1H3,(H,27,28,29)/t16-/m0/s1. The molecular weight excluding hydrogens is 424 g/mol. The Morgan fingerprint density at radius 2 is 2.00 bits per heavy atom. The summed E-state index contributed by atoms with van der Waals surface area (Å²) in [6.45, 7) is 6.51. The van der Waals surface area contributed by atoms with Gasteiger partial charge in [0.25, 0.3) is 0 Å². The summed E-state index contributed by atoms with van der Waals surface area (Å²) >= 11 is 6.60. The van der Waals surface area contributed by atoms with Crippen molar-refractivity contribution in [1.82, 2.24) is 24.8 Å². The first-order valence-corrected chi connectivity index (χ1v) is 11.3. The van der Waals surface area contributed by atoms with E-state index in [1.165, 1.54) is 0 Å². The predicted molar refractivity (Wildman–Crippen MR) is 127 cm³/mol. The number of pyridine rings is 2. The van der Waals surface area contributed by atoms with Crippen LogP contribution in [-0.2, 0) is 11.2 Å². The van der Waals surface area contributed by atoms with E-state index in [1.807, 2.05) is 24.3 Å². The number of anilines is 1. The molecule has 3 aromatic heterocycles. The van der Waals surface area contributed by atoms with Gasteiger partial charge >= 0.3 is 0 Å². The third-order valence-corrected chi connectivity index (χ3v) is 6.18. The summed E-state index contributed by atoms with van der Waals surface area (Å²) in [5.41, 5.74) is 3.52. The molecule has 0 radical (unpaired) electrons. The lowest BCUT2D eigenvalue weighted by atomic mass is 10.0. The Balaban J connectivity index is 1.46. The summed E-state index contributed by atoms with van der Waals surface area (Å²) in [6, 6.07) is 11.9. The second-order valence-electron chi connectivity index (χ2n) is 8.00. The Labute approximate surface area is 191 Å². The Bertz CT molecular complexity index is 1240. The molecule has 1 N–H and O–H groups in total. The molecule has 0 amide bonds. The molecule has 0 unspecified atom stereocenters. The lowest BCUT2D eigenvalue weighted by Gasteiger charge is -2.26. The highest BCUT2D eigenvalue weighted by Gasteiger charge is 2.17. The maximum atomic E-state index is 6.60. The fourth-order valence-corrected chi connectivity index (χ4v) is 4.43. The van der Waals surface area contributed by atoms with Crippen molar-refractivity contribution in [2.75, 3.05) is 38.2 Å². The molecule has 5 rings (SSSR count). The van der Waals surface area contributed by atoms with E-state index in [0.29, 0.717) is 5.82 Å². The third-order valence-electron chi connectivity index (χ3n) is 5.86. The zero-order valence-corrected chi connectivity index (χ0v) is 18.7. The fraction of sp³-hybridized carbons (Fsp3) is 0.333. The van der Waals surface area contributed by atoms with Gasteiger partial charge in [-0.3, -0.25) is 14.9 Å². The monoisotopic (exact) mass is 448 g/mol. The number of nitrogens with one attached hydrogen (secondary N) is 1. The van der Waals surface area contributed by atoms with Crippen LogP contribution in [0, 0.1) is 0 Å². The number of hydrogen-bond donors (Lipinski definition) is 1. The molecule has 32 heavy (non-hydrogen) atoms. The molecule has 0 spiro atoms. The smallest absolute Gasteiger partial charge is 0.156 e. The molecule has 0 saturated carbocycles. The van der Waals surface area contributed by atoms with Crippen molar-refractivity contribution in [1.29, 1.82) is 0 Å². The van der Waals surface area contributed by atoms with Gasteiger partial charge in [0.1, 0.15) is 11.8 Å². The summed E-state index contributed by atoms with van der Waals surface area (Å²) < 4.78 is 5.48. The van der Waals surface area contributed by atoms with Gasteiger partial charge in [0, 0.05) is 37.6 Å². The van der Waals surface area contributed by atoms with E-state index < -0.39 is 0 Å². The van der Waals surface area contributed by atoms with Gasteiger partial charge in [0.15, 0.2) is 5.82 Å². The maximum Gasteiger partial charge on any atom is 0.156 e. The largest absolute Gasteiger partial charge is 0.379 e. The van der Waals surface area contributed by atoms with E-state index in [-0.39, 0.29) is 6.04 Å². The van der Waals surface area contributed by atoms with Crippen LogP contribution in [-0.4, -0.2) is 57.7 Å². The Kier molecular flexibility index (Phi) is 6.12. The summed E-state index contributed by atoms with van der Waals surface area (Å²) in [4.78, 5) is 20.6. The van der Waals surface area contributed by atoms with Crippen LogP contribution in [0.1, 0.15) is 24.4 Å². The van der Waals surface area contributed by atoms with Crippen molar-refractivity contribution < 1.29 is 4.74 Å². The van der Waals surface area contributed by atoms with Gasteiger partial charge in [-0.05, 0) is 36.6 Å². The average molecular weight is 449 g/mol. The number of aromatic nitrogens is 4. The first-order valence-electron chi connectivity index (χ1n) is 10.9. The zero-order chi connectivity index (χ0) is 21.9. The minimum Gasteiger partial charge on any atom is -0.379 e. The highest BCUT2D eigenvalue weighted by molar-refractivity contribution is 6.35. The van der Waals surface area contributed by atoms with Crippen LogP contribution in [0.25, 0.3) is 21.8 Å². The van der Waals surface area contributed by atoms with E-state index in [4.69, 9.17) is 21.3 Å². The Hall–Kier alpha value is -2.87. The van der Waals surface area contributed by atoms with Gasteiger partial charge < -0.3 is 10.1 Å². The second kappa shape index (κ2) is 9.32. The van der Waals surface area contributed by atoms with Crippen molar-refractivity contribution >= 4 is 39.2 Å². The van der Waals surface area contributed by atoms with Crippen LogP contribution >= 0.6 is 11.6 Å². The molecule has 4 heterocycles. The van der Waals surface area contributed by atoms with Gasteiger partial charge in [-0.1, -0.05) is 23.7 Å². The highest BCUT2D eigenvalue weighted by atomic mass is 35.5. The molecule has 7 nitrogen and oxygen atoms in total. The number of nitrogens with zero attached hydrogens (tertiary/aromatic N) is 5. The normalized spacial score (nSPS) is 15.8. The SMILES string of the molecule is C[C@H](Nc1ncnc2cccnc12)c1cc2cccc(Cl)c2c(CCN2CCOCC2)n1. The molecule has 0 aliphatic carbocycles. The molecule has 164 valence electrons. The number of hydrogen-bond acceptors (Lipinski definition) is 7. The molecular formula is C24H25ClN6O. The summed E-state index contributed by atoms with van der Waals surface area (Å²) in [7, 11) is 0. The topological polar surface area (TPSA) is 76.1 Å². The molecule has 1 atom stereocenters. The minimum atomic E-state index is -0.0689. The maximum absolute atomic E-state index is 6.60. The predicted octanol–water partition coefficient (Wildman–Crippen LogP) is 4.27. The summed E-state index contributed by atoms with van der Waals surface area (Å²) in [5.74, 6) is 0.700. The van der Waals surface area contributed by atoms with Crippen molar-refractivity contribution in [3.63, 3.8) is 0 Å². The van der Waals surface area contributed by atoms with Crippen LogP contribution in [0.5, 0.6) is 0 Å². The van der Waals surface area contributed by atoms with Crippen LogP contribution < -0.4 is 5.32 Å². The second-order valence-corrected chi connectivity index (χ2v) is 8.40. The van der Waals surface area contributed by atoms with E-state index in [1.54, 1.807) is 12.5 Å². The number of halogens is 1. The van der Waals surface area contributed by atoms with Crippen molar-refractivity contribution in [2.24, 2.45) is 0 Å². The molecule has 1 fully saturated rings. The van der Waals surface area contributed by atoms with Crippen LogP contribution in [0.3, 0.4) is 0 Å². The van der Waals surface area contributed by atoms with E-state index in [0.717, 1.165) is 77.5 Å². The molecule has 1 aromatic carbocycles. The number of ether oxygens (including phenoxy) is 1. The van der Waals surface area contributed by atoms with E-state index >= 15 is 0 Å². The third kappa shape index (κ3) is 4.37. The van der Waals surface area contributed by atoms with Crippen LogP contribution in [0.4, 0.5) is 5.82 Å². The van der Waals surface area contributed by atoms with E-state index in [9.17, 15) is 0 Å². The first kappa shape index (κ1) is 21.0. The minimum absolute atomic E-state index is 0.0689. The quantitative estimate of drug-likeness (QED) is 0.472. The first-order chi connectivity index (χ1) is 15.7. The van der Waals surface area contributed by atoms with E-state index in [2.05, 4.69) is 44.2 Å². The molecule has 8 heteroatoms. The Morgan fingerprint density at radius 1 is 1.12 bits per heavy atom. The highest BCUT2D eigenvalue weighted by Crippen LogP contribution is 2.30.